The Morgan fingerprint density at radius 3 is 2.67 bits per heavy atom. The minimum Gasteiger partial charge on any atom is -0.486 e. The molecule has 21 heavy (non-hydrogen) atoms. The summed E-state index contributed by atoms with van der Waals surface area (Å²) >= 11 is 0. The Balaban J connectivity index is 1.76. The van der Waals surface area contributed by atoms with Gasteiger partial charge in [0.2, 0.25) is 0 Å². The maximum Gasteiger partial charge on any atom is 0.337 e. The van der Waals surface area contributed by atoms with E-state index in [0.29, 0.717) is 0 Å². The van der Waals surface area contributed by atoms with Crippen molar-refractivity contribution in [2.45, 2.75) is 6.10 Å². The molecular formula is C15H17N3O3. The molecule has 1 saturated heterocycles. The Morgan fingerprint density at radius 2 is 2.14 bits per heavy atom. The molecule has 3 rings (SSSR count). The molecule has 0 aromatic carbocycles. The molecule has 0 spiro atoms. The molecule has 1 N–H and O–H groups in total. The summed E-state index contributed by atoms with van der Waals surface area (Å²) in [6, 6.07) is 5.33. The fourth-order valence-corrected chi connectivity index (χ4v) is 2.45. The number of hydrogen-bond donors (Lipinski definition) is 1. The van der Waals surface area contributed by atoms with Gasteiger partial charge in [-0.2, -0.15) is 0 Å². The van der Waals surface area contributed by atoms with E-state index in [1.807, 2.05) is 12.1 Å². The van der Waals surface area contributed by atoms with E-state index in [-0.39, 0.29) is 11.7 Å². The summed E-state index contributed by atoms with van der Waals surface area (Å²) in [6.45, 7) is 1.86. The van der Waals surface area contributed by atoms with Crippen LogP contribution in [0, 0.1) is 0 Å². The van der Waals surface area contributed by atoms with Crippen LogP contribution in [0.3, 0.4) is 0 Å². The zero-order valence-electron chi connectivity index (χ0n) is 12.0. The third-order valence-electron chi connectivity index (χ3n) is 3.58. The van der Waals surface area contributed by atoms with E-state index in [4.69, 9.17) is 9.84 Å². The van der Waals surface area contributed by atoms with E-state index in [9.17, 15) is 4.79 Å². The molecule has 0 bridgehead atoms. The molecular weight excluding hydrogens is 270 g/mol. The number of aromatic carboxylic acids is 1. The monoisotopic (exact) mass is 287 g/mol. The SMILES string of the molecule is CN1CC(Oc2ccc(-c3cc(C(=O)O)cn3C)nc2)C1. The smallest absolute Gasteiger partial charge is 0.337 e. The first-order valence-electron chi connectivity index (χ1n) is 6.74. The lowest BCUT2D eigenvalue weighted by Crippen LogP contribution is -2.51. The van der Waals surface area contributed by atoms with Crippen molar-refractivity contribution in [2.24, 2.45) is 7.05 Å². The van der Waals surface area contributed by atoms with E-state index in [2.05, 4.69) is 16.9 Å². The number of ether oxygens (including phenoxy) is 1. The van der Waals surface area contributed by atoms with Gasteiger partial charge in [0.1, 0.15) is 11.9 Å². The normalized spacial score (nSPS) is 15.7. The number of hydrogen-bond acceptors (Lipinski definition) is 4. The van der Waals surface area contributed by atoms with Crippen LogP contribution in [0.15, 0.2) is 30.6 Å². The van der Waals surface area contributed by atoms with Gasteiger partial charge in [0.15, 0.2) is 0 Å². The summed E-state index contributed by atoms with van der Waals surface area (Å²) in [5.74, 6) is -0.199. The molecule has 6 nitrogen and oxygen atoms in total. The zero-order valence-corrected chi connectivity index (χ0v) is 12.0. The number of rotatable bonds is 4. The van der Waals surface area contributed by atoms with Crippen molar-refractivity contribution in [3.05, 3.63) is 36.2 Å². The molecule has 2 aromatic rings. The van der Waals surface area contributed by atoms with E-state index < -0.39 is 5.97 Å². The fourth-order valence-electron chi connectivity index (χ4n) is 2.45. The highest BCUT2D eigenvalue weighted by molar-refractivity contribution is 5.89. The quantitative estimate of drug-likeness (QED) is 0.922. The molecule has 0 radical (unpaired) electrons. The second kappa shape index (κ2) is 5.21. The van der Waals surface area contributed by atoms with E-state index >= 15 is 0 Å². The number of nitrogens with zero attached hydrogens (tertiary/aromatic N) is 3. The molecule has 3 heterocycles. The number of aryl methyl sites for hydroxylation is 1. The first-order chi connectivity index (χ1) is 10.0. The van der Waals surface area contributed by atoms with Crippen LogP contribution in [0.25, 0.3) is 11.4 Å². The largest absolute Gasteiger partial charge is 0.486 e. The molecule has 6 heteroatoms. The third-order valence-corrected chi connectivity index (χ3v) is 3.58. The van der Waals surface area contributed by atoms with Crippen molar-refractivity contribution < 1.29 is 14.6 Å². The first-order valence-corrected chi connectivity index (χ1v) is 6.74. The number of carboxylic acids is 1. The van der Waals surface area contributed by atoms with E-state index in [0.717, 1.165) is 30.2 Å². The van der Waals surface area contributed by atoms with Crippen LogP contribution in [0.2, 0.25) is 0 Å². The third kappa shape index (κ3) is 2.75. The van der Waals surface area contributed by atoms with Gasteiger partial charge in [-0.1, -0.05) is 0 Å². The molecule has 2 aromatic heterocycles. The van der Waals surface area contributed by atoms with Crippen molar-refractivity contribution in [3.8, 4) is 17.1 Å². The highest BCUT2D eigenvalue weighted by Gasteiger charge is 2.24. The van der Waals surface area contributed by atoms with Crippen molar-refractivity contribution in [2.75, 3.05) is 20.1 Å². The average molecular weight is 287 g/mol. The summed E-state index contributed by atoms with van der Waals surface area (Å²) in [5, 5.41) is 9.01. The van der Waals surface area contributed by atoms with Crippen LogP contribution in [-0.4, -0.2) is 51.8 Å². The van der Waals surface area contributed by atoms with Crippen molar-refractivity contribution in [1.82, 2.24) is 14.5 Å². The van der Waals surface area contributed by atoms with Crippen LogP contribution >= 0.6 is 0 Å². The Morgan fingerprint density at radius 1 is 1.38 bits per heavy atom. The van der Waals surface area contributed by atoms with Gasteiger partial charge in [0.25, 0.3) is 0 Å². The Bertz CT molecular complexity index is 657. The summed E-state index contributed by atoms with van der Waals surface area (Å²) < 4.78 is 7.54. The Labute approximate surface area is 122 Å². The molecule has 1 aliphatic heterocycles. The van der Waals surface area contributed by atoms with Crippen molar-refractivity contribution in [1.29, 1.82) is 0 Å². The van der Waals surface area contributed by atoms with E-state index in [1.54, 1.807) is 30.1 Å². The van der Waals surface area contributed by atoms with Gasteiger partial charge >= 0.3 is 5.97 Å². The molecule has 0 amide bonds. The zero-order chi connectivity index (χ0) is 15.0. The van der Waals surface area contributed by atoms with Gasteiger partial charge in [-0.15, -0.1) is 0 Å². The fraction of sp³-hybridized carbons (Fsp3) is 0.333. The topological polar surface area (TPSA) is 67.6 Å². The predicted molar refractivity (Wildman–Crippen MR) is 77.5 cm³/mol. The number of pyridine rings is 1. The molecule has 0 unspecified atom stereocenters. The molecule has 1 aliphatic rings. The summed E-state index contributed by atoms with van der Waals surface area (Å²) in [7, 11) is 3.86. The number of carbonyl (C=O) groups is 1. The van der Waals surface area contributed by atoms with Crippen LogP contribution in [0.4, 0.5) is 0 Å². The molecule has 0 aliphatic carbocycles. The van der Waals surface area contributed by atoms with Crippen molar-refractivity contribution >= 4 is 5.97 Å². The molecule has 0 saturated carbocycles. The van der Waals surface area contributed by atoms with Crippen LogP contribution in [0.5, 0.6) is 5.75 Å². The Kier molecular flexibility index (Phi) is 3.39. The first kappa shape index (κ1) is 13.6. The maximum absolute atomic E-state index is 11.0. The Hall–Kier alpha value is -2.34. The number of likely N-dealkylation sites (N-methyl/N-ethyl adjacent to an activating group) is 1. The number of likely N-dealkylation sites (tertiary alicyclic amines) is 1. The summed E-state index contributed by atoms with van der Waals surface area (Å²) in [4.78, 5) is 17.5. The van der Waals surface area contributed by atoms with Gasteiger partial charge in [0.05, 0.1) is 23.1 Å². The van der Waals surface area contributed by atoms with Crippen molar-refractivity contribution in [3.63, 3.8) is 0 Å². The van der Waals surface area contributed by atoms with Gasteiger partial charge in [-0.25, -0.2) is 4.79 Å². The predicted octanol–water partition coefficient (Wildman–Crippen LogP) is 1.48. The molecule has 0 atom stereocenters. The minimum absolute atomic E-state index is 0.233. The lowest BCUT2D eigenvalue weighted by molar-refractivity contribution is 0.0386. The maximum atomic E-state index is 11.0. The van der Waals surface area contributed by atoms with Crippen LogP contribution in [-0.2, 0) is 7.05 Å². The van der Waals surface area contributed by atoms with Gasteiger partial charge < -0.3 is 14.4 Å². The summed E-state index contributed by atoms with van der Waals surface area (Å²) in [5.41, 5.74) is 1.75. The lowest BCUT2D eigenvalue weighted by atomic mass is 10.2. The van der Waals surface area contributed by atoms with E-state index in [1.165, 1.54) is 0 Å². The van der Waals surface area contributed by atoms with Gasteiger partial charge in [0, 0.05) is 26.3 Å². The highest BCUT2D eigenvalue weighted by atomic mass is 16.5. The van der Waals surface area contributed by atoms with Crippen LogP contribution < -0.4 is 4.74 Å². The lowest BCUT2D eigenvalue weighted by Gasteiger charge is -2.35. The highest BCUT2D eigenvalue weighted by Crippen LogP contribution is 2.23. The second-order valence-corrected chi connectivity index (χ2v) is 5.37. The van der Waals surface area contributed by atoms with Gasteiger partial charge in [-0.3, -0.25) is 9.88 Å². The number of aromatic nitrogens is 2. The average Bonchev–Trinajstić information content (AvgIpc) is 2.80. The molecule has 1 fully saturated rings. The molecule has 110 valence electrons. The second-order valence-electron chi connectivity index (χ2n) is 5.37. The minimum atomic E-state index is -0.939. The standard InChI is InChI=1S/C15H17N3O3/c1-17-8-12(9-17)21-11-3-4-13(16-6-11)14-5-10(15(19)20)7-18(14)2/h3-7,12H,8-9H2,1-2H3,(H,19,20). The summed E-state index contributed by atoms with van der Waals surface area (Å²) in [6.07, 6.45) is 3.49. The van der Waals surface area contributed by atoms with Gasteiger partial charge in [-0.05, 0) is 25.2 Å². The van der Waals surface area contributed by atoms with Crippen LogP contribution in [0.1, 0.15) is 10.4 Å². The number of carboxylic acid groups (broad SMARTS) is 1.